The topological polar surface area (TPSA) is 320 Å². The summed E-state index contributed by atoms with van der Waals surface area (Å²) in [4.78, 5) is 105. The van der Waals surface area contributed by atoms with E-state index in [0.717, 1.165) is 0 Å². The van der Waals surface area contributed by atoms with Crippen molar-refractivity contribution in [3.63, 3.8) is 0 Å². The molecule has 13 N–H and O–H groups in total. The van der Waals surface area contributed by atoms with Gasteiger partial charge in [-0.2, -0.15) is 0 Å². The summed E-state index contributed by atoms with van der Waals surface area (Å²) < 4.78 is 0. The summed E-state index contributed by atoms with van der Waals surface area (Å²) in [6, 6.07) is 9.84. The molecule has 0 aliphatic carbocycles. The highest BCUT2D eigenvalue weighted by Crippen LogP contribution is 2.21. The van der Waals surface area contributed by atoms with Crippen molar-refractivity contribution in [2.24, 2.45) is 23.3 Å². The second-order valence-corrected chi connectivity index (χ2v) is 17.0. The maximum Gasteiger partial charge on any atom is 0.326 e. The van der Waals surface area contributed by atoms with Crippen molar-refractivity contribution in [2.45, 2.75) is 121 Å². The minimum atomic E-state index is -1.25. The average molecular weight is 915 g/mol. The number of carboxylic acid groups (broad SMARTS) is 1. The van der Waals surface area contributed by atoms with E-state index in [1.807, 2.05) is 6.92 Å². The van der Waals surface area contributed by atoms with Crippen LogP contribution in [0.2, 0.25) is 0 Å². The van der Waals surface area contributed by atoms with E-state index in [2.05, 4.69) is 41.9 Å². The van der Waals surface area contributed by atoms with E-state index in [-0.39, 0.29) is 44.6 Å². The van der Waals surface area contributed by atoms with E-state index in [0.29, 0.717) is 42.6 Å². The predicted octanol–water partition coefficient (Wildman–Crippen LogP) is 0.230. The first kappa shape index (κ1) is 51.8. The number of nitrogens with two attached hydrogens (primary N) is 2. The number of imidazole rings is 1. The Morgan fingerprint density at radius 1 is 0.803 bits per heavy atom. The van der Waals surface area contributed by atoms with Crippen LogP contribution in [0.1, 0.15) is 76.6 Å². The SMILES string of the molecule is CC[C@H](C)[C@H](NC(=O)[C@H](Cc1ccccc1)NC(=O)[C@@H](NC(=O)[C@@H](N)CCCNC(=N)N)C(C)C)C(=O)N[C@@H](Cc1c[nH]cn1)C(=O)N1CCC[C@H]1C(=O)N[C@@H](Cc1ccccc1)C(=O)O. The van der Waals surface area contributed by atoms with Gasteiger partial charge >= 0.3 is 5.97 Å². The number of hydrogen-bond acceptors (Lipinski definition) is 10. The fourth-order valence-corrected chi connectivity index (χ4v) is 7.64. The van der Waals surface area contributed by atoms with Gasteiger partial charge in [-0.25, -0.2) is 9.78 Å². The molecular weight excluding hydrogens is 849 g/mol. The van der Waals surface area contributed by atoms with E-state index in [9.17, 15) is 38.7 Å². The predicted molar refractivity (Wildman–Crippen MR) is 246 cm³/mol. The summed E-state index contributed by atoms with van der Waals surface area (Å²) in [7, 11) is 0. The number of carboxylic acids is 1. The number of aromatic nitrogens is 2. The number of nitrogens with zero attached hydrogens (tertiary/aromatic N) is 2. The second kappa shape index (κ2) is 25.6. The molecule has 1 aromatic heterocycles. The molecule has 1 aliphatic heterocycles. The summed E-state index contributed by atoms with van der Waals surface area (Å²) in [6.07, 6.45) is 4.84. The van der Waals surface area contributed by atoms with Crippen molar-refractivity contribution >= 4 is 47.4 Å². The molecule has 0 saturated carbocycles. The lowest BCUT2D eigenvalue weighted by atomic mass is 9.96. The number of benzene rings is 2. The molecule has 6 amide bonds. The molecule has 2 heterocycles. The van der Waals surface area contributed by atoms with Gasteiger partial charge in [-0.1, -0.05) is 94.8 Å². The van der Waals surface area contributed by atoms with Crippen LogP contribution in [0.5, 0.6) is 0 Å². The summed E-state index contributed by atoms with van der Waals surface area (Å²) in [5.74, 6) is -6.14. The summed E-state index contributed by atoms with van der Waals surface area (Å²) in [5, 5.41) is 33.7. The Hall–Kier alpha value is -6.83. The number of likely N-dealkylation sites (tertiary alicyclic amines) is 1. The number of nitrogens with one attached hydrogen (secondary N) is 8. The number of H-pyrrole nitrogens is 1. The molecule has 1 aliphatic rings. The zero-order valence-electron chi connectivity index (χ0n) is 38.0. The van der Waals surface area contributed by atoms with Gasteiger partial charge in [0.2, 0.25) is 35.4 Å². The van der Waals surface area contributed by atoms with Crippen molar-refractivity contribution in [1.82, 2.24) is 46.8 Å². The smallest absolute Gasteiger partial charge is 0.326 e. The van der Waals surface area contributed by atoms with E-state index < -0.39 is 95.5 Å². The van der Waals surface area contributed by atoms with Crippen molar-refractivity contribution < 1.29 is 38.7 Å². The van der Waals surface area contributed by atoms with Crippen LogP contribution in [0.3, 0.4) is 0 Å². The lowest BCUT2D eigenvalue weighted by Gasteiger charge is -2.32. The van der Waals surface area contributed by atoms with Gasteiger partial charge in [0.25, 0.3) is 0 Å². The van der Waals surface area contributed by atoms with Crippen LogP contribution in [0.25, 0.3) is 0 Å². The van der Waals surface area contributed by atoms with Gasteiger partial charge in [-0.15, -0.1) is 0 Å². The summed E-state index contributed by atoms with van der Waals surface area (Å²) in [5.41, 5.74) is 13.3. The van der Waals surface area contributed by atoms with Crippen LogP contribution in [-0.4, -0.2) is 123 Å². The molecule has 0 spiro atoms. The molecular formula is C46H66N12O8. The number of aromatic amines is 1. The highest BCUT2D eigenvalue weighted by molar-refractivity contribution is 5.97. The molecule has 8 atom stereocenters. The third-order valence-corrected chi connectivity index (χ3v) is 11.6. The highest BCUT2D eigenvalue weighted by Gasteiger charge is 2.41. The molecule has 20 heteroatoms. The Kier molecular flexibility index (Phi) is 20.1. The van der Waals surface area contributed by atoms with Crippen LogP contribution in [0, 0.1) is 17.2 Å². The molecule has 20 nitrogen and oxygen atoms in total. The first-order valence-electron chi connectivity index (χ1n) is 22.4. The van der Waals surface area contributed by atoms with Crippen LogP contribution < -0.4 is 43.4 Å². The maximum atomic E-state index is 14.5. The first-order chi connectivity index (χ1) is 31.5. The Balaban J connectivity index is 1.54. The summed E-state index contributed by atoms with van der Waals surface area (Å²) in [6.45, 7) is 7.58. The largest absolute Gasteiger partial charge is 0.480 e. The van der Waals surface area contributed by atoms with Crippen molar-refractivity contribution in [1.29, 1.82) is 5.41 Å². The lowest BCUT2D eigenvalue weighted by molar-refractivity contribution is -0.145. The minimum Gasteiger partial charge on any atom is -0.480 e. The summed E-state index contributed by atoms with van der Waals surface area (Å²) >= 11 is 0. The lowest BCUT2D eigenvalue weighted by Crippen LogP contribution is -2.61. The number of carbonyl (C=O) groups excluding carboxylic acids is 6. The van der Waals surface area contributed by atoms with Gasteiger partial charge in [0.1, 0.15) is 36.3 Å². The standard InChI is InChI=1S/C46H66N12O8/c1-5-28(4)38(57-40(60)33(22-29-14-8-6-9-15-29)53-42(62)37(27(2)3)56-39(59)32(47)18-12-20-51-46(48)49)43(63)54-34(24-31-25-50-26-52-31)44(64)58-21-13-19-36(58)41(61)55-35(45(65)66)23-30-16-10-7-11-17-30/h6-11,14-17,25-28,32-38H,5,12-13,18-24,47H2,1-4H3,(H,50,52)(H,53,62)(H,54,63)(H,55,61)(H,56,59)(H,57,60)(H,65,66)(H4,48,49,51)/t28-,32-,33-,34-,35-,36-,37-,38-/m0/s1. The molecule has 1 saturated heterocycles. The second-order valence-electron chi connectivity index (χ2n) is 17.0. The van der Waals surface area contributed by atoms with Gasteiger partial charge in [0.15, 0.2) is 5.96 Å². The Morgan fingerprint density at radius 2 is 1.39 bits per heavy atom. The van der Waals surface area contributed by atoms with Crippen LogP contribution in [-0.2, 0) is 52.8 Å². The molecule has 3 aromatic rings. The maximum absolute atomic E-state index is 14.5. The molecule has 4 rings (SSSR count). The highest BCUT2D eigenvalue weighted by atomic mass is 16.4. The van der Waals surface area contributed by atoms with Crippen LogP contribution in [0.15, 0.2) is 73.2 Å². The van der Waals surface area contributed by atoms with E-state index in [4.69, 9.17) is 16.9 Å². The molecule has 0 unspecified atom stereocenters. The Labute approximate surface area is 385 Å². The third kappa shape index (κ3) is 15.7. The van der Waals surface area contributed by atoms with Gasteiger partial charge in [0.05, 0.1) is 18.1 Å². The van der Waals surface area contributed by atoms with Crippen molar-refractivity contribution in [3.8, 4) is 0 Å². The Morgan fingerprint density at radius 3 is 1.95 bits per heavy atom. The van der Waals surface area contributed by atoms with Crippen LogP contribution >= 0.6 is 0 Å². The van der Waals surface area contributed by atoms with Crippen molar-refractivity contribution in [2.75, 3.05) is 13.1 Å². The van der Waals surface area contributed by atoms with E-state index in [1.165, 1.54) is 11.2 Å². The molecule has 2 aromatic carbocycles. The third-order valence-electron chi connectivity index (χ3n) is 11.6. The monoisotopic (exact) mass is 915 g/mol. The molecule has 0 radical (unpaired) electrons. The Bertz CT molecular complexity index is 2090. The average Bonchev–Trinajstić information content (AvgIpc) is 4.01. The normalized spacial score (nSPS) is 16.6. The van der Waals surface area contributed by atoms with Gasteiger partial charge in [-0.05, 0) is 48.6 Å². The number of hydrogen-bond donors (Lipinski definition) is 11. The first-order valence-corrected chi connectivity index (χ1v) is 22.4. The van der Waals surface area contributed by atoms with E-state index in [1.54, 1.807) is 87.6 Å². The molecule has 66 heavy (non-hydrogen) atoms. The molecule has 1 fully saturated rings. The van der Waals surface area contributed by atoms with E-state index >= 15 is 0 Å². The number of rotatable bonds is 25. The van der Waals surface area contributed by atoms with Gasteiger partial charge < -0.3 is 58.4 Å². The number of amides is 6. The number of carbonyl (C=O) groups is 7. The van der Waals surface area contributed by atoms with Gasteiger partial charge in [0, 0.05) is 38.5 Å². The number of aliphatic carboxylic acids is 1. The van der Waals surface area contributed by atoms with Crippen molar-refractivity contribution in [3.05, 3.63) is 90.0 Å². The fourth-order valence-electron chi connectivity index (χ4n) is 7.64. The van der Waals surface area contributed by atoms with Crippen LogP contribution in [0.4, 0.5) is 0 Å². The zero-order chi connectivity index (χ0) is 48.3. The van der Waals surface area contributed by atoms with Gasteiger partial charge in [-0.3, -0.25) is 34.2 Å². The fraction of sp³-hybridized carbons (Fsp3) is 0.500. The number of guanidine groups is 1. The molecule has 0 bridgehead atoms. The zero-order valence-corrected chi connectivity index (χ0v) is 38.0. The quantitative estimate of drug-likeness (QED) is 0.0309. The molecule has 358 valence electrons. The minimum absolute atomic E-state index is 0.0292.